The molecular formula is C16H24BrNO3. The first-order valence-electron chi connectivity index (χ1n) is 7.43. The van der Waals surface area contributed by atoms with E-state index in [0.717, 1.165) is 22.9 Å². The number of nitrogens with two attached hydrogens (primary N) is 1. The van der Waals surface area contributed by atoms with Gasteiger partial charge in [-0.05, 0) is 36.5 Å². The Morgan fingerprint density at radius 2 is 1.71 bits per heavy atom. The number of benzene rings is 1. The van der Waals surface area contributed by atoms with Crippen LogP contribution in [0.4, 0.5) is 0 Å². The van der Waals surface area contributed by atoms with E-state index in [-0.39, 0.29) is 5.92 Å². The van der Waals surface area contributed by atoms with E-state index in [1.54, 1.807) is 14.2 Å². The normalized spacial score (nSPS) is 19.1. The van der Waals surface area contributed by atoms with Crippen molar-refractivity contribution >= 4 is 15.9 Å². The van der Waals surface area contributed by atoms with E-state index in [4.69, 9.17) is 15.2 Å². The van der Waals surface area contributed by atoms with Crippen molar-refractivity contribution in [2.24, 2.45) is 11.7 Å². The van der Waals surface area contributed by atoms with Gasteiger partial charge in [0.25, 0.3) is 0 Å². The molecule has 0 saturated heterocycles. The van der Waals surface area contributed by atoms with Gasteiger partial charge in [-0.1, -0.05) is 35.2 Å². The third kappa shape index (κ3) is 3.71. The molecule has 0 heterocycles. The molecule has 2 rings (SSSR count). The van der Waals surface area contributed by atoms with Crippen LogP contribution in [0.15, 0.2) is 16.6 Å². The van der Waals surface area contributed by atoms with Crippen molar-refractivity contribution < 1.29 is 14.6 Å². The van der Waals surface area contributed by atoms with E-state index in [0.29, 0.717) is 11.5 Å². The summed E-state index contributed by atoms with van der Waals surface area (Å²) in [6, 6.07) is 3.25. The fraction of sp³-hybridized carbons (Fsp3) is 0.625. The second-order valence-electron chi connectivity index (χ2n) is 5.64. The van der Waals surface area contributed by atoms with Crippen molar-refractivity contribution in [3.8, 4) is 11.5 Å². The fourth-order valence-corrected chi connectivity index (χ4v) is 3.66. The highest BCUT2D eigenvalue weighted by atomic mass is 79.9. The van der Waals surface area contributed by atoms with Gasteiger partial charge in [0.15, 0.2) is 11.5 Å². The van der Waals surface area contributed by atoms with Gasteiger partial charge in [0.05, 0.1) is 26.4 Å². The monoisotopic (exact) mass is 357 g/mol. The highest BCUT2D eigenvalue weighted by Crippen LogP contribution is 2.38. The Hall–Kier alpha value is -0.780. The van der Waals surface area contributed by atoms with Crippen LogP contribution in [0, 0.1) is 5.92 Å². The number of aliphatic hydroxyl groups excluding tert-OH is 1. The predicted molar refractivity (Wildman–Crippen MR) is 86.8 cm³/mol. The molecule has 0 amide bonds. The summed E-state index contributed by atoms with van der Waals surface area (Å²) in [4.78, 5) is 0. The van der Waals surface area contributed by atoms with Gasteiger partial charge in [-0.2, -0.15) is 0 Å². The lowest BCUT2D eigenvalue weighted by atomic mass is 9.81. The zero-order valence-electron chi connectivity index (χ0n) is 12.6. The molecule has 2 atom stereocenters. The lowest BCUT2D eigenvalue weighted by Gasteiger charge is -2.31. The zero-order valence-corrected chi connectivity index (χ0v) is 14.2. The topological polar surface area (TPSA) is 64.7 Å². The molecular weight excluding hydrogens is 334 g/mol. The van der Waals surface area contributed by atoms with Crippen molar-refractivity contribution in [2.75, 3.05) is 14.2 Å². The number of hydrogen-bond acceptors (Lipinski definition) is 4. The molecule has 5 heteroatoms. The third-order valence-corrected chi connectivity index (χ3v) is 5.05. The smallest absolute Gasteiger partial charge is 0.161 e. The van der Waals surface area contributed by atoms with Crippen LogP contribution in [-0.4, -0.2) is 25.4 Å². The number of rotatable bonds is 5. The predicted octanol–water partition coefficient (Wildman–Crippen LogP) is 3.41. The van der Waals surface area contributed by atoms with Crippen LogP contribution < -0.4 is 15.2 Å². The molecule has 1 aromatic carbocycles. The number of methoxy groups -OCH3 is 2. The van der Waals surface area contributed by atoms with E-state index in [2.05, 4.69) is 15.9 Å². The Labute approximate surface area is 134 Å². The first kappa shape index (κ1) is 16.6. The SMILES string of the molecule is COc1cc(Br)c([C@H](N)[C@H](O)C2CCCCC2)cc1OC. The van der Waals surface area contributed by atoms with Gasteiger partial charge in [-0.15, -0.1) is 0 Å². The maximum atomic E-state index is 10.6. The van der Waals surface area contributed by atoms with Gasteiger partial charge in [-0.3, -0.25) is 0 Å². The molecule has 0 spiro atoms. The average molecular weight is 358 g/mol. The van der Waals surface area contributed by atoms with Crippen LogP contribution in [0.3, 0.4) is 0 Å². The summed E-state index contributed by atoms with van der Waals surface area (Å²) in [5.41, 5.74) is 7.16. The standard InChI is InChI=1S/C16H24BrNO3/c1-20-13-8-11(12(17)9-14(13)21-2)15(18)16(19)10-6-4-3-5-7-10/h8-10,15-16,19H,3-7,18H2,1-2H3/t15-,16+/m0/s1. The molecule has 118 valence electrons. The molecule has 0 aromatic heterocycles. The summed E-state index contributed by atoms with van der Waals surface area (Å²) in [5.74, 6) is 1.56. The summed E-state index contributed by atoms with van der Waals surface area (Å²) >= 11 is 3.52. The number of ether oxygens (including phenoxy) is 2. The lowest BCUT2D eigenvalue weighted by molar-refractivity contribution is 0.0615. The summed E-state index contributed by atoms with van der Waals surface area (Å²) in [6.07, 6.45) is 5.21. The third-order valence-electron chi connectivity index (χ3n) is 4.36. The fourth-order valence-electron chi connectivity index (χ4n) is 3.08. The van der Waals surface area contributed by atoms with Gasteiger partial charge in [0.2, 0.25) is 0 Å². The van der Waals surface area contributed by atoms with Crippen LogP contribution in [0.25, 0.3) is 0 Å². The molecule has 1 aliphatic carbocycles. The lowest BCUT2D eigenvalue weighted by Crippen LogP contribution is -2.34. The molecule has 0 aliphatic heterocycles. The summed E-state index contributed by atoms with van der Waals surface area (Å²) < 4.78 is 11.4. The zero-order chi connectivity index (χ0) is 15.4. The van der Waals surface area contributed by atoms with Crippen LogP contribution in [-0.2, 0) is 0 Å². The Bertz CT molecular complexity index is 475. The first-order valence-corrected chi connectivity index (χ1v) is 8.22. The Morgan fingerprint density at radius 3 is 2.29 bits per heavy atom. The summed E-state index contributed by atoms with van der Waals surface area (Å²) in [6.45, 7) is 0. The number of hydrogen-bond donors (Lipinski definition) is 2. The molecule has 0 radical (unpaired) electrons. The molecule has 1 aromatic rings. The van der Waals surface area contributed by atoms with E-state index >= 15 is 0 Å². The van der Waals surface area contributed by atoms with Crippen molar-refractivity contribution in [3.05, 3.63) is 22.2 Å². The summed E-state index contributed by atoms with van der Waals surface area (Å²) in [5, 5.41) is 10.6. The average Bonchev–Trinajstić information content (AvgIpc) is 2.54. The van der Waals surface area contributed by atoms with Gasteiger partial charge >= 0.3 is 0 Å². The second-order valence-corrected chi connectivity index (χ2v) is 6.50. The van der Waals surface area contributed by atoms with E-state index < -0.39 is 12.1 Å². The van der Waals surface area contributed by atoms with Gasteiger partial charge < -0.3 is 20.3 Å². The first-order chi connectivity index (χ1) is 10.1. The van der Waals surface area contributed by atoms with E-state index in [1.807, 2.05) is 12.1 Å². The Morgan fingerprint density at radius 1 is 1.14 bits per heavy atom. The van der Waals surface area contributed by atoms with Crippen LogP contribution >= 0.6 is 15.9 Å². The van der Waals surface area contributed by atoms with E-state index in [9.17, 15) is 5.11 Å². The molecule has 0 bridgehead atoms. The number of aliphatic hydroxyl groups is 1. The van der Waals surface area contributed by atoms with Crippen LogP contribution in [0.1, 0.15) is 43.7 Å². The van der Waals surface area contributed by atoms with Crippen LogP contribution in [0.5, 0.6) is 11.5 Å². The molecule has 1 aliphatic rings. The Balaban J connectivity index is 2.23. The largest absolute Gasteiger partial charge is 0.493 e. The van der Waals surface area contributed by atoms with Gasteiger partial charge in [0.1, 0.15) is 0 Å². The molecule has 3 N–H and O–H groups in total. The number of halogens is 1. The summed E-state index contributed by atoms with van der Waals surface area (Å²) in [7, 11) is 3.19. The molecule has 1 fully saturated rings. The van der Waals surface area contributed by atoms with Crippen molar-refractivity contribution in [1.82, 2.24) is 0 Å². The minimum absolute atomic E-state index is 0.286. The minimum Gasteiger partial charge on any atom is -0.493 e. The quantitative estimate of drug-likeness (QED) is 0.847. The van der Waals surface area contributed by atoms with Crippen molar-refractivity contribution in [3.63, 3.8) is 0 Å². The Kier molecular flexibility index (Phi) is 5.90. The minimum atomic E-state index is -0.528. The van der Waals surface area contributed by atoms with Crippen molar-refractivity contribution in [1.29, 1.82) is 0 Å². The van der Waals surface area contributed by atoms with Crippen LogP contribution in [0.2, 0.25) is 0 Å². The maximum Gasteiger partial charge on any atom is 0.161 e. The highest BCUT2D eigenvalue weighted by molar-refractivity contribution is 9.10. The molecule has 0 unspecified atom stereocenters. The van der Waals surface area contributed by atoms with Crippen molar-refractivity contribution in [2.45, 2.75) is 44.2 Å². The highest BCUT2D eigenvalue weighted by Gasteiger charge is 2.29. The van der Waals surface area contributed by atoms with Gasteiger partial charge in [-0.25, -0.2) is 0 Å². The van der Waals surface area contributed by atoms with Gasteiger partial charge in [0, 0.05) is 4.47 Å². The molecule has 4 nitrogen and oxygen atoms in total. The van der Waals surface area contributed by atoms with E-state index in [1.165, 1.54) is 19.3 Å². The maximum absolute atomic E-state index is 10.6. The molecule has 21 heavy (non-hydrogen) atoms. The molecule has 1 saturated carbocycles. The second kappa shape index (κ2) is 7.47.